The average molecular weight is 302 g/mol. The summed E-state index contributed by atoms with van der Waals surface area (Å²) < 4.78 is 5.99. The summed E-state index contributed by atoms with van der Waals surface area (Å²) in [7, 11) is 0. The molecule has 0 atom stereocenters. The maximum atomic E-state index is 5.99. The van der Waals surface area contributed by atoms with Gasteiger partial charge in [-0.3, -0.25) is 0 Å². The normalized spacial score (nSPS) is 14.4. The van der Waals surface area contributed by atoms with Gasteiger partial charge in [0.25, 0.3) is 0 Å². The molecule has 0 radical (unpaired) electrons. The van der Waals surface area contributed by atoms with E-state index in [1.807, 2.05) is 0 Å². The number of aryl methyl sites for hydroxylation is 2. The number of nitrogens with zero attached hydrogens (tertiary/aromatic N) is 1. The van der Waals surface area contributed by atoms with E-state index in [1.165, 1.54) is 29.0 Å². The molecule has 1 fully saturated rings. The van der Waals surface area contributed by atoms with Crippen molar-refractivity contribution in [3.8, 4) is 5.75 Å². The van der Waals surface area contributed by atoms with Crippen LogP contribution in [0.4, 0.5) is 0 Å². The Bertz CT molecular complexity index is 605. The first kappa shape index (κ1) is 14.5. The smallest absolute Gasteiger partial charge is 0.131 e. The molecular weight excluding hydrogens is 280 g/mol. The first-order chi connectivity index (χ1) is 10.2. The van der Waals surface area contributed by atoms with Gasteiger partial charge in [-0.2, -0.15) is 0 Å². The van der Waals surface area contributed by atoms with Crippen LogP contribution in [-0.2, 0) is 19.6 Å². The van der Waals surface area contributed by atoms with Gasteiger partial charge in [-0.25, -0.2) is 4.98 Å². The number of hydrogen-bond donors (Lipinski definition) is 1. The van der Waals surface area contributed by atoms with Crippen LogP contribution in [0.1, 0.15) is 41.6 Å². The first-order valence-electron chi connectivity index (χ1n) is 7.63. The summed E-state index contributed by atoms with van der Waals surface area (Å²) in [5, 5.41) is 6.82. The molecule has 1 aromatic carbocycles. The van der Waals surface area contributed by atoms with Gasteiger partial charge in [0.1, 0.15) is 12.4 Å². The number of aromatic nitrogens is 1. The third kappa shape index (κ3) is 4.05. The Labute approximate surface area is 130 Å². The van der Waals surface area contributed by atoms with Gasteiger partial charge in [-0.15, -0.1) is 11.3 Å². The molecule has 1 heterocycles. The quantitative estimate of drug-likeness (QED) is 0.843. The van der Waals surface area contributed by atoms with E-state index in [9.17, 15) is 0 Å². The molecule has 1 aliphatic carbocycles. The Morgan fingerprint density at radius 3 is 2.95 bits per heavy atom. The van der Waals surface area contributed by atoms with Gasteiger partial charge in [-0.05, 0) is 32.3 Å². The molecule has 1 aliphatic rings. The van der Waals surface area contributed by atoms with Gasteiger partial charge in [0.2, 0.25) is 0 Å². The number of ether oxygens (including phenoxy) is 1. The van der Waals surface area contributed by atoms with Crippen molar-refractivity contribution in [3.63, 3.8) is 0 Å². The molecule has 0 amide bonds. The van der Waals surface area contributed by atoms with Crippen molar-refractivity contribution in [1.82, 2.24) is 10.3 Å². The van der Waals surface area contributed by atoms with Gasteiger partial charge in [0.05, 0.1) is 10.7 Å². The predicted octanol–water partition coefficient (Wildman–Crippen LogP) is 3.84. The fourth-order valence-corrected chi connectivity index (χ4v) is 2.99. The van der Waals surface area contributed by atoms with Crippen LogP contribution < -0.4 is 10.1 Å². The second-order valence-corrected chi connectivity index (χ2v) is 6.58. The summed E-state index contributed by atoms with van der Waals surface area (Å²) in [5.74, 6) is 0.972. The molecule has 4 heteroatoms. The predicted molar refractivity (Wildman–Crippen MR) is 86.9 cm³/mol. The largest absolute Gasteiger partial charge is 0.487 e. The van der Waals surface area contributed by atoms with E-state index >= 15 is 0 Å². The monoisotopic (exact) mass is 302 g/mol. The van der Waals surface area contributed by atoms with Crippen LogP contribution in [0.15, 0.2) is 23.6 Å². The van der Waals surface area contributed by atoms with E-state index in [0.29, 0.717) is 12.6 Å². The second kappa shape index (κ2) is 6.58. The first-order valence-corrected chi connectivity index (χ1v) is 8.51. The van der Waals surface area contributed by atoms with E-state index in [-0.39, 0.29) is 0 Å². The summed E-state index contributed by atoms with van der Waals surface area (Å²) in [6.07, 6.45) is 3.60. The van der Waals surface area contributed by atoms with Gasteiger partial charge >= 0.3 is 0 Å². The van der Waals surface area contributed by atoms with Crippen LogP contribution in [0, 0.1) is 6.92 Å². The highest BCUT2D eigenvalue weighted by Gasteiger charge is 2.20. The number of nitrogens with one attached hydrogen (secondary N) is 1. The van der Waals surface area contributed by atoms with E-state index in [1.54, 1.807) is 11.3 Å². The maximum absolute atomic E-state index is 5.99. The van der Waals surface area contributed by atoms with Gasteiger partial charge in [0.15, 0.2) is 0 Å². The minimum atomic E-state index is 0.552. The Balaban J connectivity index is 1.65. The van der Waals surface area contributed by atoms with Gasteiger partial charge in [-0.1, -0.05) is 24.6 Å². The van der Waals surface area contributed by atoms with Crippen LogP contribution in [0.3, 0.4) is 0 Å². The molecule has 1 saturated carbocycles. The van der Waals surface area contributed by atoms with Crippen molar-refractivity contribution in [2.75, 3.05) is 0 Å². The Kier molecular flexibility index (Phi) is 4.56. The SMILES string of the molecule is CCc1nc(COc2ccc(C)cc2CNC2CC2)cs1. The summed E-state index contributed by atoms with van der Waals surface area (Å²) in [6.45, 7) is 5.69. The zero-order chi connectivity index (χ0) is 14.7. The maximum Gasteiger partial charge on any atom is 0.131 e. The highest BCUT2D eigenvalue weighted by molar-refractivity contribution is 7.09. The standard InChI is InChI=1S/C17H22N2OS/c1-3-17-19-15(11-21-17)10-20-16-7-4-12(2)8-13(16)9-18-14-5-6-14/h4,7-8,11,14,18H,3,5-6,9-10H2,1-2H3. The molecule has 112 valence electrons. The third-order valence-corrected chi connectivity index (χ3v) is 4.69. The van der Waals surface area contributed by atoms with Crippen LogP contribution in [-0.4, -0.2) is 11.0 Å². The highest BCUT2D eigenvalue weighted by Crippen LogP contribution is 2.24. The molecule has 1 aromatic heterocycles. The van der Waals surface area contributed by atoms with Crippen molar-refractivity contribution in [2.24, 2.45) is 0 Å². The number of benzene rings is 1. The van der Waals surface area contributed by atoms with Crippen molar-refractivity contribution >= 4 is 11.3 Å². The lowest BCUT2D eigenvalue weighted by molar-refractivity contribution is 0.298. The average Bonchev–Trinajstić information content (AvgIpc) is 3.21. The van der Waals surface area contributed by atoms with E-state index in [0.717, 1.165) is 24.4 Å². The lowest BCUT2D eigenvalue weighted by atomic mass is 10.1. The lowest BCUT2D eigenvalue weighted by Gasteiger charge is -2.12. The van der Waals surface area contributed by atoms with Crippen LogP contribution in [0.5, 0.6) is 5.75 Å². The highest BCUT2D eigenvalue weighted by atomic mass is 32.1. The van der Waals surface area contributed by atoms with E-state index in [4.69, 9.17) is 4.74 Å². The van der Waals surface area contributed by atoms with E-state index < -0.39 is 0 Å². The topological polar surface area (TPSA) is 34.1 Å². The van der Waals surface area contributed by atoms with Crippen molar-refractivity contribution in [1.29, 1.82) is 0 Å². The molecule has 3 nitrogen and oxygen atoms in total. The van der Waals surface area contributed by atoms with Gasteiger partial charge < -0.3 is 10.1 Å². The molecule has 3 rings (SSSR count). The zero-order valence-corrected chi connectivity index (χ0v) is 13.5. The molecule has 0 spiro atoms. The number of rotatable bonds is 7. The molecule has 0 saturated heterocycles. The van der Waals surface area contributed by atoms with Crippen molar-refractivity contribution < 1.29 is 4.74 Å². The fourth-order valence-electron chi connectivity index (χ4n) is 2.26. The summed E-state index contributed by atoms with van der Waals surface area (Å²) in [6, 6.07) is 7.10. The summed E-state index contributed by atoms with van der Waals surface area (Å²) in [5.41, 5.74) is 3.54. The zero-order valence-electron chi connectivity index (χ0n) is 12.7. The Morgan fingerprint density at radius 2 is 2.24 bits per heavy atom. The van der Waals surface area contributed by atoms with Crippen LogP contribution in [0.2, 0.25) is 0 Å². The van der Waals surface area contributed by atoms with Crippen molar-refractivity contribution in [3.05, 3.63) is 45.4 Å². The fraction of sp³-hybridized carbons (Fsp3) is 0.471. The lowest BCUT2D eigenvalue weighted by Crippen LogP contribution is -2.16. The number of hydrogen-bond acceptors (Lipinski definition) is 4. The van der Waals surface area contributed by atoms with Crippen LogP contribution >= 0.6 is 11.3 Å². The second-order valence-electron chi connectivity index (χ2n) is 5.64. The minimum absolute atomic E-state index is 0.552. The third-order valence-electron chi connectivity index (χ3n) is 3.65. The molecule has 2 aromatic rings. The van der Waals surface area contributed by atoms with Crippen LogP contribution in [0.25, 0.3) is 0 Å². The van der Waals surface area contributed by atoms with Gasteiger partial charge in [0, 0.05) is 23.5 Å². The minimum Gasteiger partial charge on any atom is -0.487 e. The summed E-state index contributed by atoms with van der Waals surface area (Å²) in [4.78, 5) is 4.55. The Morgan fingerprint density at radius 1 is 1.38 bits per heavy atom. The molecule has 1 N–H and O–H groups in total. The molecule has 0 unspecified atom stereocenters. The summed E-state index contributed by atoms with van der Waals surface area (Å²) >= 11 is 1.71. The molecular formula is C17H22N2OS. The number of thiazole rings is 1. The van der Waals surface area contributed by atoms with E-state index in [2.05, 4.69) is 47.7 Å². The molecule has 0 aliphatic heterocycles. The molecule has 21 heavy (non-hydrogen) atoms. The van der Waals surface area contributed by atoms with Crippen molar-refractivity contribution in [2.45, 2.75) is 52.3 Å². The Hall–Kier alpha value is -1.39. The molecule has 0 bridgehead atoms.